The average Bonchev–Trinajstić information content (AvgIpc) is 3.61. The first-order valence-electron chi connectivity index (χ1n) is 27.6. The molecule has 2 aliphatic carbocycles. The highest BCUT2D eigenvalue weighted by atomic mass is 15.2. The van der Waals surface area contributed by atoms with E-state index in [2.05, 4.69) is 240 Å². The van der Waals surface area contributed by atoms with Crippen LogP contribution in [0.15, 0.2) is 267 Å². The molecule has 0 spiro atoms. The van der Waals surface area contributed by atoms with Crippen molar-refractivity contribution in [3.63, 3.8) is 0 Å². The summed E-state index contributed by atoms with van der Waals surface area (Å²) in [6.45, 7) is 0. The summed E-state index contributed by atoms with van der Waals surface area (Å²) in [4.78, 5) is 32.4. The Hall–Kier alpha value is -10.7. The Bertz CT molecular complexity index is 4830. The maximum Gasteiger partial charge on any atom is 0.238 e. The van der Waals surface area contributed by atoms with Gasteiger partial charge in [0.15, 0.2) is 29.1 Å². The smallest absolute Gasteiger partial charge is 0.238 e. The quantitative estimate of drug-likeness (QED) is 0.143. The number of rotatable bonds is 9. The summed E-state index contributed by atoms with van der Waals surface area (Å²) in [5.74, 6) is 3.61. The lowest BCUT2D eigenvalue weighted by Gasteiger charge is -2.35. The standard InChI is InChI=1S/C73H48N8/c1-6-25-47(26-7-1)67-75-70(77-71(76-67)58-40-24-39-54-52-35-16-20-41-59(52)73(65(54)58,50-31-12-4-13-32-50)51-33-14-5-15-34-51)57-38-19-23-44-62(57)80-60-42-21-17-36-53(60)55-45-46-63-64(66(55)80)56-37-18-22-43-61(56)81(63)72-78-68(48-27-8-2-9-28-48)74-69(79-72)49-29-10-3-11-30-49/h1-10,12-29,31-46H,11,30H2. The van der Waals surface area contributed by atoms with Crippen molar-refractivity contribution in [1.82, 2.24) is 39.0 Å². The maximum absolute atomic E-state index is 5.69. The van der Waals surface area contributed by atoms with E-state index in [1.165, 1.54) is 22.3 Å². The van der Waals surface area contributed by atoms with E-state index in [9.17, 15) is 0 Å². The van der Waals surface area contributed by atoms with Gasteiger partial charge in [0.05, 0.1) is 33.2 Å². The molecular weight excluding hydrogens is 989 g/mol. The van der Waals surface area contributed by atoms with Crippen molar-refractivity contribution < 1.29 is 0 Å². The van der Waals surface area contributed by atoms with Crippen LogP contribution < -0.4 is 0 Å². The van der Waals surface area contributed by atoms with Crippen molar-refractivity contribution in [1.29, 1.82) is 0 Å². The van der Waals surface area contributed by atoms with Crippen LogP contribution in [0.3, 0.4) is 0 Å². The van der Waals surface area contributed by atoms with Crippen LogP contribution in [0.5, 0.6) is 0 Å². The Balaban J connectivity index is 0.964. The molecule has 0 aliphatic heterocycles. The van der Waals surface area contributed by atoms with Gasteiger partial charge in [-0.15, -0.1) is 0 Å². The SMILES string of the molecule is C1=CCCC(c2nc(-c3ccccc3)nc(-n3c4ccccc4c4c3ccc3c5ccccc5n(-c5ccccc5-c5nc(-c6ccccc6)nc(-c6cccc7c6C(c6ccccc6)(c6ccccc6)c6ccccc6-7)n5)c34)n2)=C1. The molecule has 4 aromatic heterocycles. The van der Waals surface area contributed by atoms with Crippen LogP contribution in [0.4, 0.5) is 0 Å². The molecule has 8 nitrogen and oxygen atoms in total. The Morgan fingerprint density at radius 3 is 1.59 bits per heavy atom. The Kier molecular flexibility index (Phi) is 10.7. The summed E-state index contributed by atoms with van der Waals surface area (Å²) in [5, 5.41) is 4.41. The third-order valence-electron chi connectivity index (χ3n) is 16.4. The number of allylic oxidation sites excluding steroid dienone is 4. The number of nitrogens with zero attached hydrogens (tertiary/aromatic N) is 8. The molecule has 2 aliphatic rings. The highest BCUT2D eigenvalue weighted by Crippen LogP contribution is 2.58. The third-order valence-corrected chi connectivity index (χ3v) is 16.4. The van der Waals surface area contributed by atoms with Crippen molar-refractivity contribution in [2.45, 2.75) is 18.3 Å². The number of hydrogen-bond acceptors (Lipinski definition) is 6. The predicted octanol–water partition coefficient (Wildman–Crippen LogP) is 17.0. The predicted molar refractivity (Wildman–Crippen MR) is 327 cm³/mol. The molecule has 0 amide bonds. The van der Waals surface area contributed by atoms with Crippen LogP contribution in [0.2, 0.25) is 0 Å². The lowest BCUT2D eigenvalue weighted by atomic mass is 9.66. The molecule has 0 radical (unpaired) electrons. The van der Waals surface area contributed by atoms with E-state index in [1.54, 1.807) is 0 Å². The second-order valence-electron chi connectivity index (χ2n) is 20.8. The van der Waals surface area contributed by atoms with Gasteiger partial charge in [-0.3, -0.25) is 4.57 Å². The van der Waals surface area contributed by atoms with Gasteiger partial charge in [0.2, 0.25) is 5.95 Å². The summed E-state index contributed by atoms with van der Waals surface area (Å²) in [5.41, 5.74) is 16.1. The monoisotopic (exact) mass is 1040 g/mol. The van der Waals surface area contributed by atoms with Crippen molar-refractivity contribution in [2.24, 2.45) is 0 Å². The highest BCUT2D eigenvalue weighted by molar-refractivity contribution is 6.26. The first-order chi connectivity index (χ1) is 40.2. The van der Waals surface area contributed by atoms with Crippen molar-refractivity contribution in [3.05, 3.63) is 295 Å². The molecule has 16 rings (SSSR count). The molecule has 0 fully saturated rings. The molecule has 10 aromatic carbocycles. The lowest BCUT2D eigenvalue weighted by molar-refractivity contribution is 0.769. The van der Waals surface area contributed by atoms with E-state index in [0.29, 0.717) is 35.1 Å². The van der Waals surface area contributed by atoms with Gasteiger partial charge in [-0.2, -0.15) is 9.97 Å². The number of fused-ring (bicyclic) bond motifs is 10. The minimum absolute atomic E-state index is 0.561. The normalized spacial score (nSPS) is 13.5. The van der Waals surface area contributed by atoms with Gasteiger partial charge < -0.3 is 4.57 Å². The minimum atomic E-state index is -0.688. The molecule has 0 bridgehead atoms. The van der Waals surface area contributed by atoms with Crippen LogP contribution in [0.1, 0.15) is 40.9 Å². The second kappa shape index (κ2) is 18.8. The summed E-state index contributed by atoms with van der Waals surface area (Å²) in [6.07, 6.45) is 8.21. The summed E-state index contributed by atoms with van der Waals surface area (Å²) < 4.78 is 4.64. The van der Waals surface area contributed by atoms with Gasteiger partial charge in [0, 0.05) is 43.8 Å². The zero-order valence-electron chi connectivity index (χ0n) is 43.9. The molecule has 0 N–H and O–H groups in total. The number of aromatic nitrogens is 8. The van der Waals surface area contributed by atoms with Crippen LogP contribution in [0, 0.1) is 0 Å². The number of benzene rings is 10. The fourth-order valence-corrected chi connectivity index (χ4v) is 13.0. The molecule has 0 atom stereocenters. The number of para-hydroxylation sites is 3. The number of hydrogen-bond donors (Lipinski definition) is 0. The van der Waals surface area contributed by atoms with E-state index >= 15 is 0 Å². The fourth-order valence-electron chi connectivity index (χ4n) is 13.0. The Labute approximate surface area is 467 Å². The van der Waals surface area contributed by atoms with E-state index in [-0.39, 0.29) is 0 Å². The first-order valence-corrected chi connectivity index (χ1v) is 27.6. The topological polar surface area (TPSA) is 87.2 Å². The second-order valence-corrected chi connectivity index (χ2v) is 20.8. The van der Waals surface area contributed by atoms with E-state index in [1.807, 2.05) is 36.4 Å². The van der Waals surface area contributed by atoms with Gasteiger partial charge in [-0.1, -0.05) is 237 Å². The maximum atomic E-state index is 5.69. The molecule has 380 valence electrons. The Morgan fingerprint density at radius 2 is 0.889 bits per heavy atom. The zero-order valence-corrected chi connectivity index (χ0v) is 43.9. The zero-order chi connectivity index (χ0) is 53.4. The van der Waals surface area contributed by atoms with Crippen molar-refractivity contribution >= 4 is 49.2 Å². The highest BCUT2D eigenvalue weighted by Gasteiger charge is 2.48. The van der Waals surface area contributed by atoms with Crippen LogP contribution in [-0.4, -0.2) is 39.0 Å². The average molecular weight is 1040 g/mol. The van der Waals surface area contributed by atoms with Crippen LogP contribution in [-0.2, 0) is 5.41 Å². The van der Waals surface area contributed by atoms with Crippen LogP contribution in [0.25, 0.3) is 117 Å². The van der Waals surface area contributed by atoms with Crippen molar-refractivity contribution in [2.75, 3.05) is 0 Å². The van der Waals surface area contributed by atoms with Crippen LogP contribution >= 0.6 is 0 Å². The summed E-state index contributed by atoms with van der Waals surface area (Å²) in [7, 11) is 0. The molecule has 0 saturated heterocycles. The van der Waals surface area contributed by atoms with Gasteiger partial charge in [-0.25, -0.2) is 19.9 Å². The first kappa shape index (κ1) is 46.4. The van der Waals surface area contributed by atoms with Gasteiger partial charge in [-0.05, 0) is 82.1 Å². The largest absolute Gasteiger partial charge is 0.308 e. The van der Waals surface area contributed by atoms with Gasteiger partial charge >= 0.3 is 0 Å². The molecular formula is C73H48N8. The Morgan fingerprint density at radius 1 is 0.358 bits per heavy atom. The summed E-state index contributed by atoms with van der Waals surface area (Å²) in [6, 6.07) is 88.2. The van der Waals surface area contributed by atoms with Gasteiger partial charge in [0.25, 0.3) is 0 Å². The molecule has 81 heavy (non-hydrogen) atoms. The van der Waals surface area contributed by atoms with E-state index < -0.39 is 5.41 Å². The van der Waals surface area contributed by atoms with E-state index in [0.717, 1.165) is 101 Å². The molecule has 0 unspecified atom stereocenters. The third kappa shape index (κ3) is 7.23. The molecule has 14 aromatic rings. The van der Waals surface area contributed by atoms with Gasteiger partial charge in [0.1, 0.15) is 0 Å². The molecule has 8 heteroatoms. The fraction of sp³-hybridized carbons (Fsp3) is 0.0411. The van der Waals surface area contributed by atoms with E-state index in [4.69, 9.17) is 29.9 Å². The molecule has 0 saturated carbocycles. The summed E-state index contributed by atoms with van der Waals surface area (Å²) >= 11 is 0. The molecule has 4 heterocycles. The minimum Gasteiger partial charge on any atom is -0.308 e. The lowest BCUT2D eigenvalue weighted by Crippen LogP contribution is -2.29. The van der Waals surface area contributed by atoms with Crippen molar-refractivity contribution in [3.8, 4) is 68.3 Å².